The number of nitrogens with two attached hydrogens (primary N) is 1. The quantitative estimate of drug-likeness (QED) is 0.582. The third-order valence-electron chi connectivity index (χ3n) is 2.48. The highest BCUT2D eigenvalue weighted by molar-refractivity contribution is 5.88. The number of aliphatic imine (C=N–C) groups is 1. The molecule has 2 aliphatic rings. The normalized spacial score (nSPS) is 27.6. The van der Waals surface area contributed by atoms with Gasteiger partial charge in [-0.25, -0.2) is 0 Å². The maximum Gasteiger partial charge on any atom is 0.0746 e. The van der Waals surface area contributed by atoms with Crippen LogP contribution < -0.4 is 5.73 Å². The number of hydrogen-bond acceptors (Lipinski definition) is 2. The predicted octanol–water partition coefficient (Wildman–Crippen LogP) is 1.43. The molecule has 1 aliphatic carbocycles. The minimum atomic E-state index is 0.419. The van der Waals surface area contributed by atoms with Gasteiger partial charge >= 0.3 is 0 Å². The van der Waals surface area contributed by atoms with Gasteiger partial charge in [0.1, 0.15) is 0 Å². The summed E-state index contributed by atoms with van der Waals surface area (Å²) in [5.41, 5.74) is 8.18. The van der Waals surface area contributed by atoms with Crippen LogP contribution in [0.5, 0.6) is 0 Å². The molecule has 0 aromatic carbocycles. The molecule has 0 aromatic rings. The second-order valence-electron chi connectivity index (χ2n) is 3.31. The van der Waals surface area contributed by atoms with Crippen LogP contribution in [0.3, 0.4) is 0 Å². The SMILES string of the molecule is NCC1=NC2CC=CCC2=CC1. The molecule has 12 heavy (non-hydrogen) atoms. The zero-order chi connectivity index (χ0) is 8.39. The summed E-state index contributed by atoms with van der Waals surface area (Å²) in [6, 6.07) is 0.419. The average Bonchev–Trinajstić information content (AvgIpc) is 2.17. The van der Waals surface area contributed by atoms with Crippen LogP contribution in [0.25, 0.3) is 0 Å². The summed E-state index contributed by atoms with van der Waals surface area (Å²) < 4.78 is 0. The fourth-order valence-electron chi connectivity index (χ4n) is 1.74. The molecule has 0 radical (unpaired) electrons. The van der Waals surface area contributed by atoms with Crippen molar-refractivity contribution in [2.75, 3.05) is 6.54 Å². The van der Waals surface area contributed by atoms with Crippen molar-refractivity contribution < 1.29 is 0 Å². The van der Waals surface area contributed by atoms with Gasteiger partial charge in [0.25, 0.3) is 0 Å². The molecule has 2 rings (SSSR count). The molecule has 1 atom stereocenters. The zero-order valence-electron chi connectivity index (χ0n) is 7.16. The average molecular weight is 162 g/mol. The van der Waals surface area contributed by atoms with Crippen LogP contribution in [0.1, 0.15) is 19.3 Å². The molecule has 0 amide bonds. The van der Waals surface area contributed by atoms with Crippen LogP contribution in [-0.4, -0.2) is 18.3 Å². The third kappa shape index (κ3) is 1.34. The smallest absolute Gasteiger partial charge is 0.0746 e. The number of fused-ring (bicyclic) bond motifs is 1. The molecule has 2 nitrogen and oxygen atoms in total. The highest BCUT2D eigenvalue weighted by atomic mass is 14.8. The van der Waals surface area contributed by atoms with E-state index in [0.717, 1.165) is 25.0 Å². The van der Waals surface area contributed by atoms with E-state index < -0.39 is 0 Å². The minimum absolute atomic E-state index is 0.419. The largest absolute Gasteiger partial charge is 0.325 e. The van der Waals surface area contributed by atoms with E-state index in [0.29, 0.717) is 12.6 Å². The van der Waals surface area contributed by atoms with E-state index in [1.54, 1.807) is 0 Å². The standard InChI is InChI=1S/C10H14N2/c11-7-9-6-5-8-3-1-2-4-10(8)12-9/h1-2,5,10H,3-4,6-7,11H2. The van der Waals surface area contributed by atoms with E-state index in [9.17, 15) is 0 Å². The first-order valence-corrected chi connectivity index (χ1v) is 4.49. The van der Waals surface area contributed by atoms with Gasteiger partial charge in [-0.15, -0.1) is 0 Å². The van der Waals surface area contributed by atoms with Crippen LogP contribution >= 0.6 is 0 Å². The first kappa shape index (κ1) is 7.74. The molecule has 1 unspecified atom stereocenters. The molecule has 1 aliphatic heterocycles. The van der Waals surface area contributed by atoms with Crippen molar-refractivity contribution in [2.45, 2.75) is 25.3 Å². The van der Waals surface area contributed by atoms with Crippen molar-refractivity contribution >= 4 is 5.71 Å². The van der Waals surface area contributed by atoms with Crippen LogP contribution in [0.2, 0.25) is 0 Å². The molecule has 0 saturated heterocycles. The molecule has 64 valence electrons. The van der Waals surface area contributed by atoms with Gasteiger partial charge in [0.05, 0.1) is 6.04 Å². The van der Waals surface area contributed by atoms with E-state index in [1.807, 2.05) is 0 Å². The van der Waals surface area contributed by atoms with Crippen LogP contribution in [0, 0.1) is 0 Å². The molecule has 2 N–H and O–H groups in total. The molecular formula is C10H14N2. The molecule has 0 spiro atoms. The number of rotatable bonds is 1. The van der Waals surface area contributed by atoms with E-state index in [2.05, 4.69) is 23.2 Å². The third-order valence-corrected chi connectivity index (χ3v) is 2.48. The Labute approximate surface area is 72.9 Å². The summed E-state index contributed by atoms with van der Waals surface area (Å²) in [6.07, 6.45) is 9.86. The fraction of sp³-hybridized carbons (Fsp3) is 0.500. The van der Waals surface area contributed by atoms with Gasteiger partial charge in [0, 0.05) is 18.7 Å². The van der Waals surface area contributed by atoms with E-state index >= 15 is 0 Å². The Bertz CT molecular complexity index is 261. The van der Waals surface area contributed by atoms with Crippen molar-refractivity contribution in [3.63, 3.8) is 0 Å². The first-order chi connectivity index (χ1) is 5.90. The summed E-state index contributed by atoms with van der Waals surface area (Å²) in [4.78, 5) is 4.59. The fourth-order valence-corrected chi connectivity index (χ4v) is 1.74. The van der Waals surface area contributed by atoms with Crippen LogP contribution in [-0.2, 0) is 0 Å². The van der Waals surface area contributed by atoms with E-state index in [-0.39, 0.29) is 0 Å². The number of hydrogen-bond donors (Lipinski definition) is 1. The lowest BCUT2D eigenvalue weighted by Gasteiger charge is -2.23. The molecule has 0 aromatic heterocycles. The second-order valence-corrected chi connectivity index (χ2v) is 3.31. The Kier molecular flexibility index (Phi) is 2.09. The van der Waals surface area contributed by atoms with Gasteiger partial charge in [-0.1, -0.05) is 18.2 Å². The Hall–Kier alpha value is -0.890. The van der Waals surface area contributed by atoms with Gasteiger partial charge in [-0.3, -0.25) is 4.99 Å². The van der Waals surface area contributed by atoms with Crippen LogP contribution in [0.15, 0.2) is 28.8 Å². The number of nitrogens with zero attached hydrogens (tertiary/aromatic N) is 1. The second kappa shape index (κ2) is 3.23. The topological polar surface area (TPSA) is 38.4 Å². The Balaban J connectivity index is 2.17. The molecule has 1 heterocycles. The zero-order valence-corrected chi connectivity index (χ0v) is 7.16. The summed E-state index contributed by atoms with van der Waals surface area (Å²) >= 11 is 0. The Morgan fingerprint density at radius 3 is 3.17 bits per heavy atom. The Morgan fingerprint density at radius 1 is 1.42 bits per heavy atom. The lowest BCUT2D eigenvalue weighted by atomic mass is 9.92. The number of dihydropyridines is 1. The summed E-state index contributed by atoms with van der Waals surface area (Å²) in [5.74, 6) is 0. The maximum absolute atomic E-state index is 5.55. The molecule has 0 saturated carbocycles. The van der Waals surface area contributed by atoms with E-state index in [4.69, 9.17) is 5.73 Å². The van der Waals surface area contributed by atoms with Crippen molar-refractivity contribution in [1.29, 1.82) is 0 Å². The maximum atomic E-state index is 5.55. The molecule has 0 bridgehead atoms. The van der Waals surface area contributed by atoms with Gasteiger partial charge in [0.2, 0.25) is 0 Å². The van der Waals surface area contributed by atoms with E-state index in [1.165, 1.54) is 5.57 Å². The van der Waals surface area contributed by atoms with Crippen molar-refractivity contribution in [3.05, 3.63) is 23.8 Å². The lowest BCUT2D eigenvalue weighted by molar-refractivity contribution is 0.724. The van der Waals surface area contributed by atoms with Gasteiger partial charge in [-0.2, -0.15) is 0 Å². The van der Waals surface area contributed by atoms with Gasteiger partial charge in [0.15, 0.2) is 0 Å². The highest BCUT2D eigenvalue weighted by Gasteiger charge is 2.17. The lowest BCUT2D eigenvalue weighted by Crippen LogP contribution is -2.23. The van der Waals surface area contributed by atoms with Gasteiger partial charge < -0.3 is 5.73 Å². The summed E-state index contributed by atoms with van der Waals surface area (Å²) in [5, 5.41) is 0. The minimum Gasteiger partial charge on any atom is -0.325 e. The van der Waals surface area contributed by atoms with Crippen LogP contribution in [0.4, 0.5) is 0 Å². The highest BCUT2D eigenvalue weighted by Crippen LogP contribution is 2.24. The monoisotopic (exact) mass is 162 g/mol. The molecule has 0 fully saturated rings. The molecular weight excluding hydrogens is 148 g/mol. The van der Waals surface area contributed by atoms with Gasteiger partial charge in [-0.05, 0) is 18.4 Å². The van der Waals surface area contributed by atoms with Crippen molar-refractivity contribution in [2.24, 2.45) is 10.7 Å². The first-order valence-electron chi connectivity index (χ1n) is 4.49. The summed E-state index contributed by atoms with van der Waals surface area (Å²) in [6.45, 7) is 0.615. The van der Waals surface area contributed by atoms with Crippen molar-refractivity contribution in [3.8, 4) is 0 Å². The molecule has 2 heteroatoms. The summed E-state index contributed by atoms with van der Waals surface area (Å²) in [7, 11) is 0. The van der Waals surface area contributed by atoms with Crippen molar-refractivity contribution in [1.82, 2.24) is 0 Å². The number of allylic oxidation sites excluding steroid dienone is 2. The Morgan fingerprint density at radius 2 is 2.33 bits per heavy atom. The predicted molar refractivity (Wildman–Crippen MR) is 51.4 cm³/mol.